The minimum Gasteiger partial charge on any atom is -0.364 e. The molecule has 1 aromatic heterocycles. The van der Waals surface area contributed by atoms with Crippen LogP contribution in [0.15, 0.2) is 35.0 Å². The Hall–Kier alpha value is -2.48. The lowest BCUT2D eigenvalue weighted by Crippen LogP contribution is -2.35. The highest BCUT2D eigenvalue weighted by Gasteiger charge is 2.25. The molecule has 6 nitrogen and oxygen atoms in total. The molecule has 1 saturated heterocycles. The van der Waals surface area contributed by atoms with Gasteiger partial charge in [0, 0.05) is 43.7 Å². The van der Waals surface area contributed by atoms with Crippen molar-refractivity contribution >= 4 is 28.6 Å². The van der Waals surface area contributed by atoms with Crippen LogP contribution in [0, 0.1) is 15.9 Å². The minimum absolute atomic E-state index is 0.0353. The van der Waals surface area contributed by atoms with Crippen LogP contribution < -0.4 is 4.90 Å². The average Bonchev–Trinajstić information content (AvgIpc) is 2.98. The van der Waals surface area contributed by atoms with Crippen LogP contribution >= 0.6 is 11.3 Å². The maximum absolute atomic E-state index is 13.5. The van der Waals surface area contributed by atoms with Crippen LogP contribution in [0.3, 0.4) is 0 Å². The number of thiophene rings is 1. The number of nitro benzene ring substituents is 1. The first-order chi connectivity index (χ1) is 11.6. The van der Waals surface area contributed by atoms with Crippen LogP contribution in [0.1, 0.15) is 16.8 Å². The van der Waals surface area contributed by atoms with Gasteiger partial charge in [0.1, 0.15) is 11.5 Å². The lowest BCUT2D eigenvalue weighted by molar-refractivity contribution is -0.384. The highest BCUT2D eigenvalue weighted by molar-refractivity contribution is 7.08. The fourth-order valence-electron chi connectivity index (χ4n) is 2.83. The number of halogens is 1. The first-order valence-corrected chi connectivity index (χ1v) is 8.51. The molecule has 1 fully saturated rings. The summed E-state index contributed by atoms with van der Waals surface area (Å²) in [6.45, 7) is 1.99. The summed E-state index contributed by atoms with van der Waals surface area (Å²) in [6.07, 6.45) is 0.670. The SMILES string of the molecule is O=C(c1ccsc1)N1CCCN(c2cc(F)ccc2[N+](=O)[O-])CC1. The quantitative estimate of drug-likeness (QED) is 0.631. The van der Waals surface area contributed by atoms with Crippen LogP contribution in [0.25, 0.3) is 0 Å². The predicted octanol–water partition coefficient (Wildman–Crippen LogP) is 3.15. The van der Waals surface area contributed by atoms with E-state index in [1.54, 1.807) is 15.9 Å². The van der Waals surface area contributed by atoms with E-state index >= 15 is 0 Å². The maximum Gasteiger partial charge on any atom is 0.292 e. The molecule has 1 amide bonds. The zero-order valence-corrected chi connectivity index (χ0v) is 13.7. The van der Waals surface area contributed by atoms with Crippen molar-refractivity contribution < 1.29 is 14.1 Å². The molecule has 8 heteroatoms. The number of hydrogen-bond donors (Lipinski definition) is 0. The van der Waals surface area contributed by atoms with E-state index in [4.69, 9.17) is 0 Å². The minimum atomic E-state index is -0.508. The Morgan fingerprint density at radius 1 is 1.21 bits per heavy atom. The molecule has 0 aliphatic carbocycles. The molecule has 126 valence electrons. The van der Waals surface area contributed by atoms with Gasteiger partial charge in [-0.05, 0) is 23.9 Å². The second-order valence-electron chi connectivity index (χ2n) is 5.53. The summed E-state index contributed by atoms with van der Waals surface area (Å²) in [6, 6.07) is 5.25. The van der Waals surface area contributed by atoms with E-state index in [1.807, 2.05) is 10.8 Å². The second kappa shape index (κ2) is 6.96. The van der Waals surface area contributed by atoms with E-state index in [-0.39, 0.29) is 17.3 Å². The summed E-state index contributed by atoms with van der Waals surface area (Å²) in [5.41, 5.74) is 0.809. The van der Waals surface area contributed by atoms with Crippen LogP contribution in [0.2, 0.25) is 0 Å². The van der Waals surface area contributed by atoms with Crippen LogP contribution in [0.5, 0.6) is 0 Å². The van der Waals surface area contributed by atoms with E-state index in [1.165, 1.54) is 23.5 Å². The standard InChI is InChI=1S/C16H16FN3O3S/c17-13-2-3-14(20(22)23)15(10-13)18-5-1-6-19(8-7-18)16(21)12-4-9-24-11-12/h2-4,9-11H,1,5-8H2. The lowest BCUT2D eigenvalue weighted by Gasteiger charge is -2.23. The molecular formula is C16H16FN3O3S. The molecule has 0 unspecified atom stereocenters. The summed E-state index contributed by atoms with van der Waals surface area (Å²) in [5.74, 6) is -0.544. The first-order valence-electron chi connectivity index (χ1n) is 7.56. The third kappa shape index (κ3) is 3.38. The largest absolute Gasteiger partial charge is 0.364 e. The average molecular weight is 349 g/mol. The molecule has 0 bridgehead atoms. The lowest BCUT2D eigenvalue weighted by atomic mass is 10.2. The Balaban J connectivity index is 1.78. The topological polar surface area (TPSA) is 66.7 Å². The van der Waals surface area contributed by atoms with Gasteiger partial charge in [0.2, 0.25) is 0 Å². The van der Waals surface area contributed by atoms with E-state index in [0.29, 0.717) is 38.2 Å². The summed E-state index contributed by atoms with van der Waals surface area (Å²) >= 11 is 1.47. The molecule has 0 radical (unpaired) electrons. The molecule has 0 atom stereocenters. The number of carbonyl (C=O) groups is 1. The van der Waals surface area contributed by atoms with Crippen molar-refractivity contribution in [1.82, 2.24) is 4.90 Å². The Morgan fingerprint density at radius 3 is 2.75 bits per heavy atom. The summed E-state index contributed by atoms with van der Waals surface area (Å²) < 4.78 is 13.5. The third-order valence-electron chi connectivity index (χ3n) is 4.03. The Bertz CT molecular complexity index is 751. The Kier molecular flexibility index (Phi) is 4.75. The summed E-state index contributed by atoms with van der Waals surface area (Å²) in [7, 11) is 0. The molecule has 0 saturated carbocycles. The van der Waals surface area contributed by atoms with Crippen molar-refractivity contribution in [2.75, 3.05) is 31.1 Å². The molecule has 1 aromatic carbocycles. The zero-order chi connectivity index (χ0) is 17.1. The Morgan fingerprint density at radius 2 is 2.04 bits per heavy atom. The van der Waals surface area contributed by atoms with Crippen molar-refractivity contribution in [3.63, 3.8) is 0 Å². The van der Waals surface area contributed by atoms with Crippen molar-refractivity contribution in [3.8, 4) is 0 Å². The monoisotopic (exact) mass is 349 g/mol. The molecule has 24 heavy (non-hydrogen) atoms. The van der Waals surface area contributed by atoms with Gasteiger partial charge in [0.15, 0.2) is 0 Å². The van der Waals surface area contributed by atoms with Gasteiger partial charge in [0.25, 0.3) is 11.6 Å². The number of carbonyl (C=O) groups excluding carboxylic acids is 1. The Labute approximate surface area is 142 Å². The molecule has 2 aromatic rings. The fraction of sp³-hybridized carbons (Fsp3) is 0.312. The number of anilines is 1. The normalized spacial score (nSPS) is 15.2. The van der Waals surface area contributed by atoms with Gasteiger partial charge in [-0.2, -0.15) is 11.3 Å². The van der Waals surface area contributed by atoms with Crippen molar-refractivity contribution in [1.29, 1.82) is 0 Å². The van der Waals surface area contributed by atoms with E-state index in [9.17, 15) is 19.3 Å². The van der Waals surface area contributed by atoms with Crippen LogP contribution in [0.4, 0.5) is 15.8 Å². The maximum atomic E-state index is 13.5. The van der Waals surface area contributed by atoms with Crippen molar-refractivity contribution in [2.45, 2.75) is 6.42 Å². The fourth-order valence-corrected chi connectivity index (χ4v) is 3.46. The number of nitro groups is 1. The van der Waals surface area contributed by atoms with Crippen LogP contribution in [-0.4, -0.2) is 41.9 Å². The number of hydrogen-bond acceptors (Lipinski definition) is 5. The summed E-state index contributed by atoms with van der Waals surface area (Å²) in [5, 5.41) is 14.8. The highest BCUT2D eigenvalue weighted by Crippen LogP contribution is 2.29. The zero-order valence-electron chi connectivity index (χ0n) is 12.9. The first kappa shape index (κ1) is 16.4. The van der Waals surface area contributed by atoms with E-state index in [2.05, 4.69) is 0 Å². The molecule has 3 rings (SSSR count). The van der Waals surface area contributed by atoms with Gasteiger partial charge in [0.05, 0.1) is 10.5 Å². The van der Waals surface area contributed by atoms with Gasteiger partial charge in [-0.15, -0.1) is 0 Å². The smallest absolute Gasteiger partial charge is 0.292 e. The third-order valence-corrected chi connectivity index (χ3v) is 4.71. The highest BCUT2D eigenvalue weighted by atomic mass is 32.1. The van der Waals surface area contributed by atoms with E-state index < -0.39 is 10.7 Å². The van der Waals surface area contributed by atoms with Gasteiger partial charge in [-0.1, -0.05) is 0 Å². The van der Waals surface area contributed by atoms with Gasteiger partial charge in [-0.3, -0.25) is 14.9 Å². The molecule has 2 heterocycles. The molecule has 0 N–H and O–H groups in total. The molecule has 0 spiro atoms. The second-order valence-corrected chi connectivity index (χ2v) is 6.32. The van der Waals surface area contributed by atoms with Crippen molar-refractivity contribution in [2.24, 2.45) is 0 Å². The predicted molar refractivity (Wildman–Crippen MR) is 90.1 cm³/mol. The number of nitrogens with zero attached hydrogens (tertiary/aromatic N) is 3. The number of amides is 1. The molecule has 1 aliphatic heterocycles. The number of benzene rings is 1. The van der Waals surface area contributed by atoms with Gasteiger partial charge in [-0.25, -0.2) is 4.39 Å². The van der Waals surface area contributed by atoms with Gasteiger partial charge < -0.3 is 9.80 Å². The number of rotatable bonds is 3. The molecule has 1 aliphatic rings. The summed E-state index contributed by atoms with van der Waals surface area (Å²) in [4.78, 5) is 26.6. The van der Waals surface area contributed by atoms with Gasteiger partial charge >= 0.3 is 0 Å². The molecular weight excluding hydrogens is 333 g/mol. The van der Waals surface area contributed by atoms with Crippen LogP contribution in [-0.2, 0) is 0 Å². The van der Waals surface area contributed by atoms with E-state index in [0.717, 1.165) is 6.07 Å². The van der Waals surface area contributed by atoms with Crippen molar-refractivity contribution in [3.05, 3.63) is 56.5 Å².